The van der Waals surface area contributed by atoms with Crippen LogP contribution in [-0.4, -0.2) is 33.0 Å². The van der Waals surface area contributed by atoms with E-state index in [0.29, 0.717) is 30.0 Å². The van der Waals surface area contributed by atoms with Crippen molar-refractivity contribution in [2.45, 2.75) is 37.9 Å². The van der Waals surface area contributed by atoms with E-state index in [1.807, 2.05) is 12.1 Å². The van der Waals surface area contributed by atoms with Crippen LogP contribution in [0, 0.1) is 0 Å². The third-order valence-corrected chi connectivity index (χ3v) is 4.37. The SMILES string of the molecule is O=C1CCCc2c1[nH]c1ccc(C(O)C(O)CCCl)cc21. The number of aromatic nitrogens is 1. The number of halogens is 1. The van der Waals surface area contributed by atoms with Gasteiger partial charge >= 0.3 is 0 Å². The van der Waals surface area contributed by atoms with Gasteiger partial charge in [-0.25, -0.2) is 0 Å². The lowest BCUT2D eigenvalue weighted by molar-refractivity contribution is 0.0171. The minimum absolute atomic E-state index is 0.150. The van der Waals surface area contributed by atoms with Crippen molar-refractivity contribution in [1.29, 1.82) is 0 Å². The van der Waals surface area contributed by atoms with Crippen LogP contribution in [0.4, 0.5) is 0 Å². The summed E-state index contributed by atoms with van der Waals surface area (Å²) in [5, 5.41) is 21.0. The molecule has 21 heavy (non-hydrogen) atoms. The Morgan fingerprint density at radius 3 is 2.86 bits per heavy atom. The second-order valence-electron chi connectivity index (χ2n) is 5.55. The van der Waals surface area contributed by atoms with Crippen molar-refractivity contribution in [2.75, 3.05) is 5.88 Å². The highest BCUT2D eigenvalue weighted by Crippen LogP contribution is 2.31. The summed E-state index contributed by atoms with van der Waals surface area (Å²) in [6, 6.07) is 5.50. The van der Waals surface area contributed by atoms with Crippen LogP contribution in [0.2, 0.25) is 0 Å². The molecule has 1 aromatic carbocycles. The number of hydrogen-bond acceptors (Lipinski definition) is 3. The van der Waals surface area contributed by atoms with Gasteiger partial charge < -0.3 is 15.2 Å². The molecular formula is C16H18ClNO3. The number of carbonyl (C=O) groups is 1. The molecule has 1 heterocycles. The summed E-state index contributed by atoms with van der Waals surface area (Å²) in [5.41, 5.74) is 3.28. The van der Waals surface area contributed by atoms with E-state index in [-0.39, 0.29) is 5.78 Å². The molecule has 112 valence electrons. The Morgan fingerprint density at radius 2 is 2.10 bits per heavy atom. The summed E-state index contributed by atoms with van der Waals surface area (Å²) in [5.74, 6) is 0.450. The average Bonchev–Trinajstić information content (AvgIpc) is 2.86. The Bertz CT molecular complexity index is 679. The molecule has 0 bridgehead atoms. The van der Waals surface area contributed by atoms with Gasteiger partial charge in [-0.05, 0) is 42.5 Å². The van der Waals surface area contributed by atoms with Gasteiger partial charge in [-0.2, -0.15) is 0 Å². The summed E-state index contributed by atoms with van der Waals surface area (Å²) in [6.45, 7) is 0. The van der Waals surface area contributed by atoms with E-state index in [1.54, 1.807) is 6.07 Å². The van der Waals surface area contributed by atoms with Gasteiger partial charge in [0.1, 0.15) is 6.10 Å². The molecule has 0 fully saturated rings. The lowest BCUT2D eigenvalue weighted by Gasteiger charge is -2.17. The molecule has 4 nitrogen and oxygen atoms in total. The van der Waals surface area contributed by atoms with Crippen molar-refractivity contribution in [3.05, 3.63) is 35.0 Å². The minimum Gasteiger partial charge on any atom is -0.390 e. The Balaban J connectivity index is 2.02. The molecule has 1 aromatic heterocycles. The molecule has 0 saturated heterocycles. The van der Waals surface area contributed by atoms with E-state index in [1.165, 1.54) is 0 Å². The molecule has 5 heteroatoms. The number of aromatic amines is 1. The molecule has 0 spiro atoms. The number of aryl methyl sites for hydroxylation is 1. The third-order valence-electron chi connectivity index (χ3n) is 4.15. The number of nitrogens with one attached hydrogen (secondary N) is 1. The van der Waals surface area contributed by atoms with Crippen LogP contribution >= 0.6 is 11.6 Å². The summed E-state index contributed by atoms with van der Waals surface area (Å²) in [7, 11) is 0. The molecule has 2 atom stereocenters. The molecule has 3 rings (SSSR count). The van der Waals surface area contributed by atoms with Gasteiger partial charge in [0.2, 0.25) is 0 Å². The lowest BCUT2D eigenvalue weighted by Crippen LogP contribution is -2.18. The number of H-pyrrole nitrogens is 1. The fourth-order valence-electron chi connectivity index (χ4n) is 2.99. The number of aliphatic hydroxyl groups excluding tert-OH is 2. The molecule has 0 saturated carbocycles. The molecule has 2 aromatic rings. The normalized spacial score (nSPS) is 17.8. The molecule has 1 aliphatic rings. The number of alkyl halides is 1. The van der Waals surface area contributed by atoms with Gasteiger partial charge in [0.15, 0.2) is 5.78 Å². The van der Waals surface area contributed by atoms with Gasteiger partial charge in [-0.3, -0.25) is 4.79 Å². The van der Waals surface area contributed by atoms with Crippen molar-refractivity contribution in [2.24, 2.45) is 0 Å². The van der Waals surface area contributed by atoms with Crippen LogP contribution in [0.3, 0.4) is 0 Å². The molecule has 0 amide bonds. The maximum absolute atomic E-state index is 11.9. The predicted molar refractivity (Wildman–Crippen MR) is 81.9 cm³/mol. The minimum atomic E-state index is -0.960. The number of aliphatic hydroxyl groups is 2. The van der Waals surface area contributed by atoms with E-state index >= 15 is 0 Å². The van der Waals surface area contributed by atoms with E-state index in [2.05, 4.69) is 4.98 Å². The lowest BCUT2D eigenvalue weighted by atomic mass is 9.93. The van der Waals surface area contributed by atoms with Crippen LogP contribution < -0.4 is 0 Å². The van der Waals surface area contributed by atoms with E-state index in [0.717, 1.165) is 29.3 Å². The van der Waals surface area contributed by atoms with Crippen molar-refractivity contribution in [1.82, 2.24) is 4.98 Å². The van der Waals surface area contributed by atoms with Crippen LogP contribution in [0.25, 0.3) is 10.9 Å². The first-order chi connectivity index (χ1) is 10.1. The third kappa shape index (κ3) is 2.59. The van der Waals surface area contributed by atoms with E-state index < -0.39 is 12.2 Å². The highest BCUT2D eigenvalue weighted by atomic mass is 35.5. The van der Waals surface area contributed by atoms with Gasteiger partial charge in [0.05, 0.1) is 11.8 Å². The standard InChI is InChI=1S/C16H18ClNO3/c17-7-6-14(20)16(21)9-4-5-12-11(8-9)10-2-1-3-13(19)15(10)18-12/h4-5,8,14,16,18,20-21H,1-3,6-7H2. The first-order valence-corrected chi connectivity index (χ1v) is 7.75. The smallest absolute Gasteiger partial charge is 0.179 e. The van der Waals surface area contributed by atoms with E-state index in [9.17, 15) is 15.0 Å². The van der Waals surface area contributed by atoms with Gasteiger partial charge in [0, 0.05) is 23.2 Å². The Kier molecular flexibility index (Phi) is 4.02. The molecule has 3 N–H and O–H groups in total. The summed E-state index contributed by atoms with van der Waals surface area (Å²) >= 11 is 5.60. The number of fused-ring (bicyclic) bond motifs is 3. The first-order valence-electron chi connectivity index (χ1n) is 7.21. The zero-order chi connectivity index (χ0) is 15.0. The Labute approximate surface area is 127 Å². The van der Waals surface area contributed by atoms with E-state index in [4.69, 9.17) is 11.6 Å². The van der Waals surface area contributed by atoms with Crippen LogP contribution in [0.15, 0.2) is 18.2 Å². The largest absolute Gasteiger partial charge is 0.390 e. The zero-order valence-electron chi connectivity index (χ0n) is 11.6. The quantitative estimate of drug-likeness (QED) is 0.760. The fraction of sp³-hybridized carbons (Fsp3) is 0.438. The maximum Gasteiger partial charge on any atom is 0.179 e. The Morgan fingerprint density at radius 1 is 1.29 bits per heavy atom. The average molecular weight is 308 g/mol. The number of benzene rings is 1. The van der Waals surface area contributed by atoms with Gasteiger partial charge in [0.25, 0.3) is 0 Å². The first kappa shape index (κ1) is 14.6. The molecular weight excluding hydrogens is 290 g/mol. The van der Waals surface area contributed by atoms with Crippen LogP contribution in [0.1, 0.15) is 47.0 Å². The van der Waals surface area contributed by atoms with Crippen molar-refractivity contribution in [3.63, 3.8) is 0 Å². The second-order valence-corrected chi connectivity index (χ2v) is 5.93. The van der Waals surface area contributed by atoms with Crippen LogP contribution in [0.5, 0.6) is 0 Å². The second kappa shape index (κ2) is 5.79. The monoisotopic (exact) mass is 307 g/mol. The fourth-order valence-corrected chi connectivity index (χ4v) is 3.21. The van der Waals surface area contributed by atoms with Crippen LogP contribution in [-0.2, 0) is 6.42 Å². The number of rotatable bonds is 4. The molecule has 2 unspecified atom stereocenters. The number of ketones is 1. The van der Waals surface area contributed by atoms with Crippen molar-refractivity contribution >= 4 is 28.3 Å². The number of Topliss-reactive ketones (excluding diaryl/α,β-unsaturated/α-hetero) is 1. The highest BCUT2D eigenvalue weighted by molar-refractivity contribution is 6.17. The summed E-state index contributed by atoms with van der Waals surface area (Å²) in [6.07, 6.45) is 0.814. The number of carbonyl (C=O) groups excluding carboxylic acids is 1. The Hall–Kier alpha value is -1.36. The van der Waals surface area contributed by atoms with Gasteiger partial charge in [-0.15, -0.1) is 11.6 Å². The summed E-state index contributed by atoms with van der Waals surface area (Å²) < 4.78 is 0. The molecule has 0 aliphatic heterocycles. The number of hydrogen-bond donors (Lipinski definition) is 3. The van der Waals surface area contributed by atoms with Crippen molar-refractivity contribution in [3.8, 4) is 0 Å². The predicted octanol–water partition coefficient (Wildman–Crippen LogP) is 2.71. The highest BCUT2D eigenvalue weighted by Gasteiger charge is 2.23. The maximum atomic E-state index is 11.9. The molecule has 1 aliphatic carbocycles. The summed E-state index contributed by atoms with van der Waals surface area (Å²) in [4.78, 5) is 15.1. The van der Waals surface area contributed by atoms with Crippen molar-refractivity contribution < 1.29 is 15.0 Å². The van der Waals surface area contributed by atoms with Gasteiger partial charge in [-0.1, -0.05) is 6.07 Å². The zero-order valence-corrected chi connectivity index (χ0v) is 12.4. The molecule has 0 radical (unpaired) electrons. The topological polar surface area (TPSA) is 73.3 Å².